The van der Waals surface area contributed by atoms with Crippen molar-refractivity contribution in [2.75, 3.05) is 13.2 Å². The van der Waals surface area contributed by atoms with Gasteiger partial charge < -0.3 is 9.47 Å². The van der Waals surface area contributed by atoms with Gasteiger partial charge in [-0.25, -0.2) is 0 Å². The second-order valence-electron chi connectivity index (χ2n) is 3.10. The highest BCUT2D eigenvalue weighted by molar-refractivity contribution is 5.95. The number of hydrogen-bond acceptors (Lipinski definition) is 4. The summed E-state index contributed by atoms with van der Waals surface area (Å²) in [6, 6.07) is 7.00. The molecule has 0 bridgehead atoms. The molecule has 0 radical (unpaired) electrons. The summed E-state index contributed by atoms with van der Waals surface area (Å²) in [6.45, 7) is 4.64. The average molecular weight is 257 g/mol. The molecule has 0 aliphatic carbocycles. The minimum absolute atomic E-state index is 0. The third kappa shape index (κ3) is 4.44. The van der Waals surface area contributed by atoms with Gasteiger partial charge in [0.15, 0.2) is 0 Å². The molecule has 0 heterocycles. The molecule has 0 aliphatic heterocycles. The summed E-state index contributed by atoms with van der Waals surface area (Å²) in [5.74, 6) is 0.300. The minimum Gasteiger partial charge on any atom is -0.478 e. The predicted molar refractivity (Wildman–Crippen MR) is 70.6 cm³/mol. The minimum atomic E-state index is 0. The molecule has 94 valence electrons. The normalized spacial score (nSPS) is 9.06. The van der Waals surface area contributed by atoms with Crippen LogP contribution in [0.3, 0.4) is 0 Å². The average Bonchev–Trinajstić information content (AvgIpc) is 2.30. The number of halogens is 1. The lowest BCUT2D eigenvalue weighted by molar-refractivity contribution is 0.324. The first kappa shape index (κ1) is 15.4. The van der Waals surface area contributed by atoms with Crippen LogP contribution in [0.5, 0.6) is 0 Å². The molecule has 0 atom stereocenters. The van der Waals surface area contributed by atoms with E-state index >= 15 is 0 Å². The first-order valence-corrected chi connectivity index (χ1v) is 5.22. The summed E-state index contributed by atoms with van der Waals surface area (Å²) in [5.41, 5.74) is 1.41. The maximum Gasteiger partial charge on any atom is 0.213 e. The van der Waals surface area contributed by atoms with Crippen LogP contribution in [0.2, 0.25) is 0 Å². The van der Waals surface area contributed by atoms with Gasteiger partial charge in [0, 0.05) is 11.1 Å². The van der Waals surface area contributed by atoms with Crippen LogP contribution in [0.25, 0.3) is 0 Å². The number of ether oxygens (including phenoxy) is 2. The topological polar surface area (TPSA) is 66.2 Å². The molecule has 1 aromatic rings. The van der Waals surface area contributed by atoms with Crippen molar-refractivity contribution in [2.45, 2.75) is 13.8 Å². The van der Waals surface area contributed by atoms with Crippen molar-refractivity contribution in [1.82, 2.24) is 0 Å². The molecule has 0 fully saturated rings. The Hall–Kier alpha value is -1.55. The van der Waals surface area contributed by atoms with E-state index in [4.69, 9.17) is 20.3 Å². The first-order chi connectivity index (χ1) is 7.69. The molecule has 0 amide bonds. The van der Waals surface area contributed by atoms with E-state index in [0.717, 1.165) is 0 Å². The molecule has 2 N–H and O–H groups in total. The fraction of sp³-hybridized carbons (Fsp3) is 0.333. The summed E-state index contributed by atoms with van der Waals surface area (Å²) in [4.78, 5) is 0. The third-order valence-corrected chi connectivity index (χ3v) is 1.99. The quantitative estimate of drug-likeness (QED) is 0.643. The molecule has 0 saturated carbocycles. The van der Waals surface area contributed by atoms with E-state index in [0.29, 0.717) is 24.3 Å². The van der Waals surface area contributed by atoms with Crippen LogP contribution in [0.4, 0.5) is 0 Å². The number of nitrogens with one attached hydrogen (secondary N) is 2. The van der Waals surface area contributed by atoms with Crippen molar-refractivity contribution >= 4 is 24.2 Å². The van der Waals surface area contributed by atoms with Crippen LogP contribution in [0.15, 0.2) is 24.3 Å². The molecule has 0 aromatic heterocycles. The van der Waals surface area contributed by atoms with Gasteiger partial charge >= 0.3 is 0 Å². The van der Waals surface area contributed by atoms with Crippen molar-refractivity contribution in [2.24, 2.45) is 0 Å². The SMILES string of the molecule is CCOC(=N)c1ccc(C(=N)OCC)cc1.Cl. The predicted octanol–water partition coefficient (Wildman–Crippen LogP) is 2.83. The molecule has 0 unspecified atom stereocenters. The van der Waals surface area contributed by atoms with Gasteiger partial charge in [0.25, 0.3) is 0 Å². The van der Waals surface area contributed by atoms with Gasteiger partial charge in [-0.05, 0) is 38.1 Å². The van der Waals surface area contributed by atoms with Gasteiger partial charge in [0.1, 0.15) is 0 Å². The van der Waals surface area contributed by atoms with Crippen LogP contribution < -0.4 is 0 Å². The van der Waals surface area contributed by atoms with E-state index in [1.165, 1.54) is 0 Å². The molecule has 0 spiro atoms. The molecule has 17 heavy (non-hydrogen) atoms. The monoisotopic (exact) mass is 256 g/mol. The zero-order chi connectivity index (χ0) is 12.0. The maximum atomic E-state index is 7.58. The number of rotatable bonds is 4. The fourth-order valence-electron chi connectivity index (χ4n) is 1.23. The van der Waals surface area contributed by atoms with Crippen LogP contribution in [-0.2, 0) is 9.47 Å². The number of benzene rings is 1. The van der Waals surface area contributed by atoms with Crippen molar-refractivity contribution in [3.8, 4) is 0 Å². The number of hydrogen-bond donors (Lipinski definition) is 2. The Morgan fingerprint density at radius 3 is 1.41 bits per heavy atom. The molecule has 4 nitrogen and oxygen atoms in total. The van der Waals surface area contributed by atoms with E-state index < -0.39 is 0 Å². The summed E-state index contributed by atoms with van der Waals surface area (Å²) >= 11 is 0. The highest BCUT2D eigenvalue weighted by Gasteiger charge is 2.04. The largest absolute Gasteiger partial charge is 0.478 e. The van der Waals surface area contributed by atoms with E-state index in [-0.39, 0.29) is 24.2 Å². The van der Waals surface area contributed by atoms with Crippen molar-refractivity contribution in [1.29, 1.82) is 10.8 Å². The second kappa shape index (κ2) is 7.68. The lowest BCUT2D eigenvalue weighted by atomic mass is 10.1. The Morgan fingerprint density at radius 2 is 1.18 bits per heavy atom. The second-order valence-corrected chi connectivity index (χ2v) is 3.10. The molecule has 1 aromatic carbocycles. The summed E-state index contributed by atoms with van der Waals surface area (Å²) in [5, 5.41) is 15.2. The van der Waals surface area contributed by atoms with Gasteiger partial charge in [0.2, 0.25) is 11.8 Å². The fourth-order valence-corrected chi connectivity index (χ4v) is 1.23. The Bertz CT molecular complexity index is 340. The molecule has 1 rings (SSSR count). The van der Waals surface area contributed by atoms with Crippen molar-refractivity contribution in [3.63, 3.8) is 0 Å². The smallest absolute Gasteiger partial charge is 0.213 e. The van der Waals surface area contributed by atoms with Gasteiger partial charge in [0.05, 0.1) is 13.2 Å². The summed E-state index contributed by atoms with van der Waals surface area (Å²) in [7, 11) is 0. The Kier molecular flexibility index (Phi) is 6.98. The Labute approximate surface area is 107 Å². The molecular formula is C12H17ClN2O2. The van der Waals surface area contributed by atoms with E-state index in [2.05, 4.69) is 0 Å². The molecule has 0 aliphatic rings. The third-order valence-electron chi connectivity index (χ3n) is 1.99. The van der Waals surface area contributed by atoms with Crippen LogP contribution in [0, 0.1) is 10.8 Å². The molecular weight excluding hydrogens is 240 g/mol. The molecule has 0 saturated heterocycles. The Morgan fingerprint density at radius 1 is 0.882 bits per heavy atom. The summed E-state index contributed by atoms with van der Waals surface area (Å²) < 4.78 is 10.1. The zero-order valence-corrected chi connectivity index (χ0v) is 10.8. The van der Waals surface area contributed by atoms with Gasteiger partial charge in [-0.15, -0.1) is 12.4 Å². The Balaban J connectivity index is 0.00000256. The van der Waals surface area contributed by atoms with Crippen LogP contribution in [0.1, 0.15) is 25.0 Å². The van der Waals surface area contributed by atoms with E-state index in [9.17, 15) is 0 Å². The van der Waals surface area contributed by atoms with Crippen molar-refractivity contribution < 1.29 is 9.47 Å². The van der Waals surface area contributed by atoms with E-state index in [1.54, 1.807) is 24.3 Å². The van der Waals surface area contributed by atoms with Crippen molar-refractivity contribution in [3.05, 3.63) is 35.4 Å². The zero-order valence-electron chi connectivity index (χ0n) is 9.95. The standard InChI is InChI=1S/C12H16N2O2.ClH/c1-3-15-11(13)9-5-7-10(8-6-9)12(14)16-4-2;/h5-8,13-14H,3-4H2,1-2H3;1H. The lowest BCUT2D eigenvalue weighted by Gasteiger charge is -2.07. The van der Waals surface area contributed by atoms with Crippen LogP contribution >= 0.6 is 12.4 Å². The van der Waals surface area contributed by atoms with Crippen LogP contribution in [-0.4, -0.2) is 25.0 Å². The van der Waals surface area contributed by atoms with Gasteiger partial charge in [-0.1, -0.05) is 0 Å². The molecule has 5 heteroatoms. The highest BCUT2D eigenvalue weighted by Crippen LogP contribution is 2.07. The van der Waals surface area contributed by atoms with E-state index in [1.807, 2.05) is 13.8 Å². The maximum absolute atomic E-state index is 7.58. The summed E-state index contributed by atoms with van der Waals surface area (Å²) in [6.07, 6.45) is 0. The highest BCUT2D eigenvalue weighted by atomic mass is 35.5. The van der Waals surface area contributed by atoms with Gasteiger partial charge in [-0.2, -0.15) is 0 Å². The first-order valence-electron chi connectivity index (χ1n) is 5.22. The lowest BCUT2D eigenvalue weighted by Crippen LogP contribution is -2.07. The van der Waals surface area contributed by atoms with Gasteiger partial charge in [-0.3, -0.25) is 10.8 Å².